The fraction of sp³-hybridized carbons (Fsp3) is 0.308. The van der Waals surface area contributed by atoms with E-state index in [4.69, 9.17) is 17.3 Å². The Balaban J connectivity index is 2.39. The Morgan fingerprint density at radius 2 is 2.28 bits per heavy atom. The molecule has 0 spiro atoms. The number of halogens is 1. The summed E-state index contributed by atoms with van der Waals surface area (Å²) in [5.41, 5.74) is 7.67. The second-order valence-corrected chi connectivity index (χ2v) is 4.58. The van der Waals surface area contributed by atoms with E-state index < -0.39 is 6.10 Å². The number of aliphatic hydroxyl groups excluding tert-OH is 1. The average molecular weight is 266 g/mol. The lowest BCUT2D eigenvalue weighted by Gasteiger charge is -2.14. The van der Waals surface area contributed by atoms with Crippen molar-refractivity contribution in [1.82, 2.24) is 9.78 Å². The van der Waals surface area contributed by atoms with E-state index in [1.165, 1.54) is 0 Å². The Morgan fingerprint density at radius 1 is 1.50 bits per heavy atom. The second-order valence-electron chi connectivity index (χ2n) is 4.17. The number of nitrogens with two attached hydrogens (primary N) is 1. The standard InChI is InChI=1S/C13H16ClN3O/c1-2-6-17-12(11(14)8-16-17)13(18)9-4-3-5-10(15)7-9/h3-5,7-8,13,18H,2,6,15H2,1H3. The first-order valence-electron chi connectivity index (χ1n) is 5.88. The van der Waals surface area contributed by atoms with E-state index in [0.29, 0.717) is 16.4 Å². The molecule has 96 valence electrons. The van der Waals surface area contributed by atoms with Gasteiger partial charge < -0.3 is 10.8 Å². The van der Waals surface area contributed by atoms with Gasteiger partial charge in [0.05, 0.1) is 16.9 Å². The zero-order valence-corrected chi connectivity index (χ0v) is 10.9. The second kappa shape index (κ2) is 5.42. The fourth-order valence-corrected chi connectivity index (χ4v) is 2.17. The van der Waals surface area contributed by atoms with Crippen LogP contribution >= 0.6 is 11.6 Å². The number of rotatable bonds is 4. The van der Waals surface area contributed by atoms with Crippen molar-refractivity contribution in [1.29, 1.82) is 0 Å². The molecular weight excluding hydrogens is 250 g/mol. The smallest absolute Gasteiger partial charge is 0.122 e. The summed E-state index contributed by atoms with van der Waals surface area (Å²) in [4.78, 5) is 0. The van der Waals surface area contributed by atoms with Crippen LogP contribution in [0, 0.1) is 0 Å². The van der Waals surface area contributed by atoms with Crippen LogP contribution in [0.5, 0.6) is 0 Å². The minimum Gasteiger partial charge on any atom is -0.399 e. The van der Waals surface area contributed by atoms with Gasteiger partial charge in [-0.1, -0.05) is 30.7 Å². The summed E-state index contributed by atoms with van der Waals surface area (Å²) in [7, 11) is 0. The van der Waals surface area contributed by atoms with Crippen LogP contribution in [0.3, 0.4) is 0 Å². The van der Waals surface area contributed by atoms with Gasteiger partial charge in [-0.25, -0.2) is 0 Å². The number of hydrogen-bond acceptors (Lipinski definition) is 3. The van der Waals surface area contributed by atoms with E-state index in [0.717, 1.165) is 18.5 Å². The Morgan fingerprint density at radius 3 is 2.94 bits per heavy atom. The Bertz CT molecular complexity index is 539. The van der Waals surface area contributed by atoms with Gasteiger partial charge in [-0.2, -0.15) is 5.10 Å². The third kappa shape index (κ3) is 2.49. The van der Waals surface area contributed by atoms with Gasteiger partial charge in [0.25, 0.3) is 0 Å². The van der Waals surface area contributed by atoms with Crippen molar-refractivity contribution in [2.24, 2.45) is 0 Å². The van der Waals surface area contributed by atoms with Crippen molar-refractivity contribution in [3.05, 3.63) is 46.7 Å². The van der Waals surface area contributed by atoms with Gasteiger partial charge in [0.15, 0.2) is 0 Å². The minimum atomic E-state index is -0.810. The summed E-state index contributed by atoms with van der Waals surface area (Å²) in [5, 5.41) is 15.0. The van der Waals surface area contributed by atoms with Crippen molar-refractivity contribution in [2.45, 2.75) is 26.0 Å². The van der Waals surface area contributed by atoms with Crippen LogP contribution in [0.15, 0.2) is 30.5 Å². The van der Waals surface area contributed by atoms with Crippen molar-refractivity contribution in [2.75, 3.05) is 5.73 Å². The predicted octanol–water partition coefficient (Wildman–Crippen LogP) is 2.61. The largest absolute Gasteiger partial charge is 0.399 e. The van der Waals surface area contributed by atoms with E-state index in [-0.39, 0.29) is 0 Å². The van der Waals surface area contributed by atoms with Gasteiger partial charge in [0, 0.05) is 12.2 Å². The van der Waals surface area contributed by atoms with Crippen LogP contribution in [0.1, 0.15) is 30.7 Å². The van der Waals surface area contributed by atoms with E-state index >= 15 is 0 Å². The molecule has 18 heavy (non-hydrogen) atoms. The van der Waals surface area contributed by atoms with Gasteiger partial charge in [-0.3, -0.25) is 4.68 Å². The van der Waals surface area contributed by atoms with Crippen LogP contribution in [-0.2, 0) is 6.54 Å². The third-order valence-corrected chi connectivity index (χ3v) is 3.05. The molecule has 1 aromatic carbocycles. The molecule has 3 N–H and O–H groups in total. The number of hydrogen-bond donors (Lipinski definition) is 2. The van der Waals surface area contributed by atoms with E-state index in [1.54, 1.807) is 23.0 Å². The highest BCUT2D eigenvalue weighted by atomic mass is 35.5. The molecule has 0 bridgehead atoms. The molecule has 2 aromatic rings. The maximum absolute atomic E-state index is 10.4. The summed E-state index contributed by atoms with van der Waals surface area (Å²) >= 11 is 6.09. The number of nitrogens with zero attached hydrogens (tertiary/aromatic N) is 2. The molecule has 0 radical (unpaired) electrons. The van der Waals surface area contributed by atoms with Crippen molar-refractivity contribution in [3.8, 4) is 0 Å². The molecule has 0 aliphatic carbocycles. The van der Waals surface area contributed by atoms with E-state index in [1.807, 2.05) is 19.1 Å². The quantitative estimate of drug-likeness (QED) is 0.836. The molecule has 1 aromatic heterocycles. The number of anilines is 1. The average Bonchev–Trinajstić information content (AvgIpc) is 2.70. The maximum atomic E-state index is 10.4. The lowest BCUT2D eigenvalue weighted by Crippen LogP contribution is -2.10. The molecule has 0 aliphatic rings. The minimum absolute atomic E-state index is 0.471. The fourth-order valence-electron chi connectivity index (χ4n) is 1.92. The van der Waals surface area contributed by atoms with Gasteiger partial charge in [0.2, 0.25) is 0 Å². The number of aromatic nitrogens is 2. The molecule has 0 aliphatic heterocycles. The Hall–Kier alpha value is -1.52. The number of aryl methyl sites for hydroxylation is 1. The van der Waals surface area contributed by atoms with Crippen molar-refractivity contribution in [3.63, 3.8) is 0 Å². The zero-order valence-electron chi connectivity index (χ0n) is 10.2. The van der Waals surface area contributed by atoms with E-state index in [9.17, 15) is 5.11 Å². The first-order valence-corrected chi connectivity index (χ1v) is 6.26. The Labute approximate surface area is 111 Å². The topological polar surface area (TPSA) is 64.1 Å². The monoisotopic (exact) mass is 265 g/mol. The highest BCUT2D eigenvalue weighted by Crippen LogP contribution is 2.29. The molecular formula is C13H16ClN3O. The summed E-state index contributed by atoms with van der Waals surface area (Å²) in [6, 6.07) is 7.15. The molecule has 1 unspecified atom stereocenters. The van der Waals surface area contributed by atoms with E-state index in [2.05, 4.69) is 5.10 Å². The molecule has 1 heterocycles. The summed E-state index contributed by atoms with van der Waals surface area (Å²) in [5.74, 6) is 0. The number of nitrogen functional groups attached to an aromatic ring is 1. The van der Waals surface area contributed by atoms with Gasteiger partial charge in [-0.05, 0) is 24.1 Å². The Kier molecular flexibility index (Phi) is 3.89. The first-order chi connectivity index (χ1) is 8.63. The van der Waals surface area contributed by atoms with Crippen molar-refractivity contribution < 1.29 is 5.11 Å². The van der Waals surface area contributed by atoms with Gasteiger partial charge >= 0.3 is 0 Å². The SMILES string of the molecule is CCCn1ncc(Cl)c1C(O)c1cccc(N)c1. The molecule has 0 saturated heterocycles. The predicted molar refractivity (Wildman–Crippen MR) is 72.4 cm³/mol. The van der Waals surface area contributed by atoms with Crippen LogP contribution in [0.2, 0.25) is 5.02 Å². The normalized spacial score (nSPS) is 12.6. The lowest BCUT2D eigenvalue weighted by molar-refractivity contribution is 0.207. The molecule has 0 amide bonds. The van der Waals surface area contributed by atoms with Crippen molar-refractivity contribution >= 4 is 17.3 Å². The zero-order chi connectivity index (χ0) is 13.1. The summed E-state index contributed by atoms with van der Waals surface area (Å²) in [6.45, 7) is 2.77. The van der Waals surface area contributed by atoms with Crippen LogP contribution in [0.25, 0.3) is 0 Å². The highest BCUT2D eigenvalue weighted by Gasteiger charge is 2.19. The first kappa shape index (κ1) is 12.9. The maximum Gasteiger partial charge on any atom is 0.122 e. The van der Waals surface area contributed by atoms with Crippen LogP contribution < -0.4 is 5.73 Å². The molecule has 4 nitrogen and oxygen atoms in total. The number of benzene rings is 1. The molecule has 5 heteroatoms. The molecule has 2 rings (SSSR count). The van der Waals surface area contributed by atoms with Crippen LogP contribution in [-0.4, -0.2) is 14.9 Å². The summed E-state index contributed by atoms with van der Waals surface area (Å²) in [6.07, 6.45) is 1.67. The summed E-state index contributed by atoms with van der Waals surface area (Å²) < 4.78 is 1.73. The third-order valence-electron chi connectivity index (χ3n) is 2.75. The lowest BCUT2D eigenvalue weighted by atomic mass is 10.1. The molecule has 0 saturated carbocycles. The van der Waals surface area contributed by atoms with Crippen LogP contribution in [0.4, 0.5) is 5.69 Å². The highest BCUT2D eigenvalue weighted by molar-refractivity contribution is 6.31. The van der Waals surface area contributed by atoms with Gasteiger partial charge in [0.1, 0.15) is 6.10 Å². The molecule has 0 fully saturated rings. The molecule has 1 atom stereocenters. The van der Waals surface area contributed by atoms with Gasteiger partial charge in [-0.15, -0.1) is 0 Å². The number of aliphatic hydroxyl groups is 1.